The highest BCUT2D eigenvalue weighted by Gasteiger charge is 2.36. The second-order valence-corrected chi connectivity index (χ2v) is 12.1. The molecule has 1 aromatic carbocycles. The van der Waals surface area contributed by atoms with Crippen LogP contribution >= 0.6 is 0 Å². The summed E-state index contributed by atoms with van der Waals surface area (Å²) in [6, 6.07) is 7.58. The molecule has 0 spiro atoms. The summed E-state index contributed by atoms with van der Waals surface area (Å²) in [6.45, 7) is 5.47. The number of methoxy groups -OCH3 is 2. The number of carbonyl (C=O) groups excluding carboxylic acids is 2. The molecule has 0 aliphatic carbocycles. The van der Waals surface area contributed by atoms with Crippen molar-refractivity contribution in [1.29, 1.82) is 0 Å². The molecule has 1 unspecified atom stereocenters. The van der Waals surface area contributed by atoms with Gasteiger partial charge in [-0.2, -0.15) is 0 Å². The van der Waals surface area contributed by atoms with Crippen molar-refractivity contribution in [2.24, 2.45) is 11.3 Å². The van der Waals surface area contributed by atoms with Crippen molar-refractivity contribution >= 4 is 21.7 Å². The van der Waals surface area contributed by atoms with Crippen LogP contribution in [0.5, 0.6) is 0 Å². The summed E-state index contributed by atoms with van der Waals surface area (Å²) in [5.41, 5.74) is 5.69. The van der Waals surface area contributed by atoms with Crippen LogP contribution in [0, 0.1) is 11.3 Å². The smallest absolute Gasteiger partial charge is 0.311 e. The number of carbonyl (C=O) groups is 2. The molecule has 0 bridgehead atoms. The predicted octanol–water partition coefficient (Wildman–Crippen LogP) is 1.78. The van der Waals surface area contributed by atoms with Gasteiger partial charge in [-0.1, -0.05) is 44.5 Å². The molecule has 0 saturated carbocycles. The number of benzene rings is 1. The Morgan fingerprint density at radius 2 is 1.83 bits per heavy atom. The van der Waals surface area contributed by atoms with E-state index in [4.69, 9.17) is 14.6 Å². The average molecular weight is 515 g/mol. The summed E-state index contributed by atoms with van der Waals surface area (Å²) in [6.07, 6.45) is 2.12. The molecule has 0 fully saturated rings. The van der Waals surface area contributed by atoms with Gasteiger partial charge in [0.25, 0.3) is 0 Å². The number of rotatable bonds is 16. The highest BCUT2D eigenvalue weighted by atomic mass is 32.2. The number of amides is 1. The first-order chi connectivity index (χ1) is 16.3. The molecule has 1 rings (SSSR count). The minimum atomic E-state index is -3.35. The number of aliphatic hydroxyl groups is 1. The fraction of sp³-hybridized carbons (Fsp3) is 0.680. The summed E-state index contributed by atoms with van der Waals surface area (Å²) >= 11 is 0. The lowest BCUT2D eigenvalue weighted by Gasteiger charge is -2.31. The van der Waals surface area contributed by atoms with Crippen molar-refractivity contribution in [3.63, 3.8) is 0 Å². The Kier molecular flexibility index (Phi) is 12.3. The maximum Gasteiger partial charge on any atom is 0.311 e. The lowest BCUT2D eigenvalue weighted by molar-refractivity contribution is -0.147. The van der Waals surface area contributed by atoms with Crippen molar-refractivity contribution in [3.05, 3.63) is 35.4 Å². The van der Waals surface area contributed by atoms with Crippen LogP contribution in [0.4, 0.5) is 0 Å². The topological polar surface area (TPSA) is 131 Å². The average Bonchev–Trinajstić information content (AvgIpc) is 2.77. The molecule has 9 nitrogen and oxygen atoms in total. The maximum atomic E-state index is 13.1. The van der Waals surface area contributed by atoms with Gasteiger partial charge in [-0.15, -0.1) is 0 Å². The Morgan fingerprint density at radius 1 is 1.14 bits per heavy atom. The molecule has 0 aliphatic rings. The quantitative estimate of drug-likeness (QED) is 0.225. The second-order valence-electron chi connectivity index (χ2n) is 9.95. The third-order valence-corrected chi connectivity index (χ3v) is 8.26. The van der Waals surface area contributed by atoms with Gasteiger partial charge in [-0.05, 0) is 42.7 Å². The van der Waals surface area contributed by atoms with Crippen LogP contribution in [0.1, 0.15) is 51.2 Å². The van der Waals surface area contributed by atoms with Gasteiger partial charge in [0.1, 0.15) is 0 Å². The summed E-state index contributed by atoms with van der Waals surface area (Å²) in [5, 5.41) is 9.01. The Bertz CT molecular complexity index is 933. The molecule has 200 valence electrons. The van der Waals surface area contributed by atoms with Crippen molar-refractivity contribution in [3.8, 4) is 0 Å². The van der Waals surface area contributed by atoms with Crippen LogP contribution in [-0.2, 0) is 40.7 Å². The zero-order valence-corrected chi connectivity index (χ0v) is 22.7. The van der Waals surface area contributed by atoms with Gasteiger partial charge in [0.15, 0.2) is 9.84 Å². The number of ether oxygens (including phenoxy) is 2. The van der Waals surface area contributed by atoms with Crippen LogP contribution in [0.2, 0.25) is 0 Å². The number of nitrogens with one attached hydrogen (secondary N) is 2. The van der Waals surface area contributed by atoms with Gasteiger partial charge < -0.3 is 14.6 Å². The monoisotopic (exact) mass is 514 g/mol. The van der Waals surface area contributed by atoms with Crippen LogP contribution in [-0.4, -0.2) is 71.4 Å². The molecule has 0 saturated heterocycles. The fourth-order valence-corrected chi connectivity index (χ4v) is 6.10. The molecular formula is C25H42N2O7S. The summed E-state index contributed by atoms with van der Waals surface area (Å²) in [4.78, 5) is 25.3. The Hall–Kier alpha value is -2.01. The van der Waals surface area contributed by atoms with Crippen molar-refractivity contribution in [2.75, 3.05) is 46.0 Å². The Labute approximate surface area is 209 Å². The van der Waals surface area contributed by atoms with E-state index in [1.807, 2.05) is 45.0 Å². The molecule has 10 heteroatoms. The molecule has 0 aromatic heterocycles. The van der Waals surface area contributed by atoms with E-state index in [1.165, 1.54) is 14.2 Å². The van der Waals surface area contributed by atoms with E-state index in [2.05, 4.69) is 10.9 Å². The van der Waals surface area contributed by atoms with E-state index in [0.717, 1.165) is 11.1 Å². The van der Waals surface area contributed by atoms with E-state index in [0.29, 0.717) is 25.7 Å². The summed E-state index contributed by atoms with van der Waals surface area (Å²) < 4.78 is 34.4. The van der Waals surface area contributed by atoms with Gasteiger partial charge >= 0.3 is 5.97 Å². The van der Waals surface area contributed by atoms with Crippen molar-refractivity contribution in [1.82, 2.24) is 10.9 Å². The van der Waals surface area contributed by atoms with Crippen LogP contribution in [0.15, 0.2) is 24.3 Å². The van der Waals surface area contributed by atoms with Gasteiger partial charge in [-0.3, -0.25) is 15.0 Å². The number of aliphatic hydroxyl groups excluding tert-OH is 1. The van der Waals surface area contributed by atoms with Gasteiger partial charge in [0, 0.05) is 14.2 Å². The lowest BCUT2D eigenvalue weighted by atomic mass is 9.75. The highest BCUT2D eigenvalue weighted by molar-refractivity contribution is 7.91. The Balaban J connectivity index is 3.12. The zero-order valence-electron chi connectivity index (χ0n) is 21.8. The van der Waals surface area contributed by atoms with E-state index in [1.54, 1.807) is 7.05 Å². The molecule has 2 atom stereocenters. The second kappa shape index (κ2) is 13.9. The minimum absolute atomic E-state index is 0.0239. The van der Waals surface area contributed by atoms with Gasteiger partial charge in [-0.25, -0.2) is 13.8 Å². The lowest BCUT2D eigenvalue weighted by Crippen LogP contribution is -2.47. The fourth-order valence-electron chi connectivity index (χ4n) is 4.34. The maximum absolute atomic E-state index is 13.1. The SMILES string of the molecule is CNNC(=O)[C@](C)(CCCC(C)(C)CS(=O)(=O)CCO)c1cccc(CC(COC)C(=O)OC)c1. The van der Waals surface area contributed by atoms with Crippen LogP contribution in [0.25, 0.3) is 0 Å². The molecule has 0 heterocycles. The Morgan fingerprint density at radius 3 is 2.40 bits per heavy atom. The molecule has 35 heavy (non-hydrogen) atoms. The molecule has 1 amide bonds. The van der Waals surface area contributed by atoms with E-state index in [9.17, 15) is 18.0 Å². The molecule has 0 aliphatic heterocycles. The van der Waals surface area contributed by atoms with E-state index >= 15 is 0 Å². The van der Waals surface area contributed by atoms with Crippen molar-refractivity contribution < 1.29 is 32.6 Å². The van der Waals surface area contributed by atoms with Crippen LogP contribution < -0.4 is 10.9 Å². The van der Waals surface area contributed by atoms with Crippen LogP contribution in [0.3, 0.4) is 0 Å². The van der Waals surface area contributed by atoms with Gasteiger partial charge in [0.05, 0.1) is 43.2 Å². The van der Waals surface area contributed by atoms with E-state index in [-0.39, 0.29) is 30.0 Å². The number of esters is 1. The minimum Gasteiger partial charge on any atom is -0.469 e. The normalized spacial score (nSPS) is 14.7. The first kappa shape index (κ1) is 31.0. The summed E-state index contributed by atoms with van der Waals surface area (Å²) in [5.74, 6) is -1.29. The number of hydrogen-bond donors (Lipinski definition) is 3. The van der Waals surface area contributed by atoms with E-state index < -0.39 is 33.2 Å². The number of sulfone groups is 1. The van der Waals surface area contributed by atoms with Crippen molar-refractivity contribution in [2.45, 2.75) is 51.9 Å². The molecule has 1 aromatic rings. The highest BCUT2D eigenvalue weighted by Crippen LogP contribution is 2.34. The third-order valence-electron chi connectivity index (χ3n) is 6.23. The molecule has 0 radical (unpaired) electrons. The third kappa shape index (κ3) is 9.87. The molecule has 3 N–H and O–H groups in total. The summed E-state index contributed by atoms with van der Waals surface area (Å²) in [7, 11) is 1.14. The number of hydrazine groups is 1. The standard InChI is InChI=1S/C25H42N2O7S/c1-24(2,18-35(31,32)14-13-28)11-8-12-25(3,23(30)27-26-4)21-10-7-9-19(16-21)15-20(17-33-5)22(29)34-6/h7,9-10,16,20,26,28H,8,11-15,17-18H2,1-6H3,(H,27,30)/t20?,25-/m1/s1. The number of hydrogen-bond acceptors (Lipinski definition) is 8. The molecular weight excluding hydrogens is 472 g/mol. The first-order valence-corrected chi connectivity index (χ1v) is 13.6. The zero-order chi connectivity index (χ0) is 26.7. The first-order valence-electron chi connectivity index (χ1n) is 11.8. The van der Waals surface area contributed by atoms with Gasteiger partial charge in [0.2, 0.25) is 5.91 Å². The predicted molar refractivity (Wildman–Crippen MR) is 135 cm³/mol. The largest absolute Gasteiger partial charge is 0.469 e.